The van der Waals surface area contributed by atoms with E-state index < -0.39 is 0 Å². The molecule has 0 bridgehead atoms. The van der Waals surface area contributed by atoms with Crippen molar-refractivity contribution in [3.8, 4) is 5.75 Å². The number of azide groups is 1. The van der Waals surface area contributed by atoms with Crippen molar-refractivity contribution in [1.82, 2.24) is 0 Å². The van der Waals surface area contributed by atoms with Crippen molar-refractivity contribution in [3.05, 3.63) is 34.2 Å². The first kappa shape index (κ1) is 10.4. The number of ether oxygens (including phenoxy) is 1. The van der Waals surface area contributed by atoms with Crippen LogP contribution >= 0.6 is 0 Å². The molecule has 0 atom stereocenters. The van der Waals surface area contributed by atoms with E-state index in [4.69, 9.17) is 10.3 Å². The number of hydrogen-bond acceptors (Lipinski definition) is 2. The van der Waals surface area contributed by atoms with E-state index in [0.717, 1.165) is 5.56 Å². The van der Waals surface area contributed by atoms with Gasteiger partial charge in [0, 0.05) is 4.91 Å². The van der Waals surface area contributed by atoms with Crippen LogP contribution in [0.25, 0.3) is 10.4 Å². The molecule has 0 saturated carbocycles. The van der Waals surface area contributed by atoms with Gasteiger partial charge in [-0.2, -0.15) is 0 Å². The molecule has 0 spiro atoms. The highest BCUT2D eigenvalue weighted by Crippen LogP contribution is 2.29. The van der Waals surface area contributed by atoms with Gasteiger partial charge >= 0.3 is 0 Å². The average molecular weight is 191 g/mol. The molecule has 1 aromatic carbocycles. The molecule has 0 aliphatic rings. The van der Waals surface area contributed by atoms with Gasteiger partial charge in [0.25, 0.3) is 0 Å². The second-order valence-corrected chi connectivity index (χ2v) is 3.33. The average Bonchev–Trinajstić information content (AvgIpc) is 2.09. The maximum atomic E-state index is 8.37. The molecular weight excluding hydrogens is 178 g/mol. The second-order valence-electron chi connectivity index (χ2n) is 3.33. The summed E-state index contributed by atoms with van der Waals surface area (Å²) in [4.78, 5) is 2.76. The molecule has 1 aromatic rings. The van der Waals surface area contributed by atoms with Crippen LogP contribution in [-0.4, -0.2) is 6.10 Å². The summed E-state index contributed by atoms with van der Waals surface area (Å²) in [5, 5.41) is 3.58. The molecule has 74 valence electrons. The van der Waals surface area contributed by atoms with E-state index in [1.165, 1.54) is 0 Å². The van der Waals surface area contributed by atoms with Gasteiger partial charge in [0.05, 0.1) is 11.8 Å². The Morgan fingerprint density at radius 3 is 2.71 bits per heavy atom. The maximum Gasteiger partial charge on any atom is 0.129 e. The highest BCUT2D eigenvalue weighted by Gasteiger charge is 2.03. The van der Waals surface area contributed by atoms with E-state index in [1.54, 1.807) is 6.07 Å². The summed E-state index contributed by atoms with van der Waals surface area (Å²) < 4.78 is 5.49. The first-order chi connectivity index (χ1) is 6.63. The van der Waals surface area contributed by atoms with Crippen molar-refractivity contribution in [3.63, 3.8) is 0 Å². The molecule has 4 nitrogen and oxygen atoms in total. The Hall–Kier alpha value is -1.67. The molecule has 0 aromatic heterocycles. The third kappa shape index (κ3) is 2.68. The predicted octanol–water partition coefficient (Wildman–Crippen LogP) is 3.72. The van der Waals surface area contributed by atoms with Crippen LogP contribution in [0.5, 0.6) is 5.75 Å². The molecule has 0 heterocycles. The molecule has 0 radical (unpaired) electrons. The van der Waals surface area contributed by atoms with Crippen molar-refractivity contribution < 1.29 is 4.74 Å². The van der Waals surface area contributed by atoms with Crippen molar-refractivity contribution >= 4 is 5.69 Å². The lowest BCUT2D eigenvalue weighted by atomic mass is 10.2. The third-order valence-electron chi connectivity index (χ3n) is 1.63. The molecule has 14 heavy (non-hydrogen) atoms. The van der Waals surface area contributed by atoms with E-state index in [0.29, 0.717) is 11.4 Å². The van der Waals surface area contributed by atoms with Crippen LogP contribution in [0.3, 0.4) is 0 Å². The molecule has 1 rings (SSSR count). The summed E-state index contributed by atoms with van der Waals surface area (Å²) in [6.45, 7) is 5.80. The fourth-order valence-corrected chi connectivity index (χ4v) is 1.11. The van der Waals surface area contributed by atoms with Gasteiger partial charge in [-0.15, -0.1) is 0 Å². The van der Waals surface area contributed by atoms with Crippen LogP contribution in [0.15, 0.2) is 23.3 Å². The molecule has 0 aliphatic heterocycles. The number of hydrogen-bond donors (Lipinski definition) is 0. The summed E-state index contributed by atoms with van der Waals surface area (Å²) in [5.74, 6) is 0.628. The molecular formula is C10H13N3O. The largest absolute Gasteiger partial charge is 0.491 e. The van der Waals surface area contributed by atoms with Crippen molar-refractivity contribution in [2.45, 2.75) is 26.9 Å². The quantitative estimate of drug-likeness (QED) is 0.408. The number of rotatable bonds is 3. The molecule has 0 fully saturated rings. The van der Waals surface area contributed by atoms with Crippen molar-refractivity contribution in [1.29, 1.82) is 0 Å². The van der Waals surface area contributed by atoms with E-state index in [2.05, 4.69) is 10.0 Å². The molecule has 0 aliphatic carbocycles. The van der Waals surface area contributed by atoms with Crippen molar-refractivity contribution in [2.75, 3.05) is 0 Å². The van der Waals surface area contributed by atoms with Gasteiger partial charge < -0.3 is 4.74 Å². The lowest BCUT2D eigenvalue weighted by molar-refractivity contribution is 0.243. The van der Waals surface area contributed by atoms with Crippen LogP contribution in [0, 0.1) is 6.92 Å². The molecule has 0 saturated heterocycles. The molecule has 0 amide bonds. The summed E-state index contributed by atoms with van der Waals surface area (Å²) in [7, 11) is 0. The Kier molecular flexibility index (Phi) is 3.37. The lowest BCUT2D eigenvalue weighted by Gasteiger charge is -2.11. The Balaban J connectivity index is 3.07. The van der Waals surface area contributed by atoms with Gasteiger partial charge in [-0.25, -0.2) is 0 Å². The Bertz CT molecular complexity index is 368. The van der Waals surface area contributed by atoms with E-state index in [-0.39, 0.29) is 6.10 Å². The van der Waals surface area contributed by atoms with Crippen LogP contribution in [0.4, 0.5) is 5.69 Å². The predicted molar refractivity (Wildman–Crippen MR) is 55.7 cm³/mol. The Morgan fingerprint density at radius 1 is 1.43 bits per heavy atom. The van der Waals surface area contributed by atoms with Gasteiger partial charge in [0.1, 0.15) is 5.75 Å². The molecule has 4 heteroatoms. The van der Waals surface area contributed by atoms with Crippen molar-refractivity contribution in [2.24, 2.45) is 5.11 Å². The zero-order chi connectivity index (χ0) is 10.6. The van der Waals surface area contributed by atoms with Gasteiger partial charge in [-0.3, -0.25) is 0 Å². The fraction of sp³-hybridized carbons (Fsp3) is 0.400. The second kappa shape index (κ2) is 4.53. The normalized spacial score (nSPS) is 9.71. The number of nitrogens with zero attached hydrogens (tertiary/aromatic N) is 3. The zero-order valence-electron chi connectivity index (χ0n) is 8.56. The minimum Gasteiger partial charge on any atom is -0.491 e. The topological polar surface area (TPSA) is 58.0 Å². The summed E-state index contributed by atoms with van der Waals surface area (Å²) in [5.41, 5.74) is 9.96. The summed E-state index contributed by atoms with van der Waals surface area (Å²) in [6.07, 6.45) is 0.0744. The van der Waals surface area contributed by atoms with Crippen LogP contribution in [0.2, 0.25) is 0 Å². The van der Waals surface area contributed by atoms with Gasteiger partial charge in [-0.1, -0.05) is 16.7 Å². The Morgan fingerprint density at radius 2 is 2.14 bits per heavy atom. The SMILES string of the molecule is Cc1ccc(OC(C)C)c(N=[N+]=[N-])c1. The van der Waals surface area contributed by atoms with Crippen LogP contribution < -0.4 is 4.74 Å². The monoisotopic (exact) mass is 191 g/mol. The minimum atomic E-state index is 0.0744. The first-order valence-corrected chi connectivity index (χ1v) is 4.46. The van der Waals surface area contributed by atoms with Gasteiger partial charge in [0.15, 0.2) is 0 Å². The highest BCUT2D eigenvalue weighted by atomic mass is 16.5. The maximum absolute atomic E-state index is 8.37. The van der Waals surface area contributed by atoms with Gasteiger partial charge in [-0.05, 0) is 38.4 Å². The van der Waals surface area contributed by atoms with E-state index >= 15 is 0 Å². The smallest absolute Gasteiger partial charge is 0.129 e. The lowest BCUT2D eigenvalue weighted by Crippen LogP contribution is -2.05. The zero-order valence-corrected chi connectivity index (χ0v) is 8.56. The van der Waals surface area contributed by atoms with Crippen LogP contribution in [-0.2, 0) is 0 Å². The third-order valence-corrected chi connectivity index (χ3v) is 1.63. The van der Waals surface area contributed by atoms with Gasteiger partial charge in [0.2, 0.25) is 0 Å². The first-order valence-electron chi connectivity index (χ1n) is 4.46. The molecule has 0 N–H and O–H groups in total. The number of benzene rings is 1. The minimum absolute atomic E-state index is 0.0744. The highest BCUT2D eigenvalue weighted by molar-refractivity contribution is 5.53. The van der Waals surface area contributed by atoms with E-state index in [1.807, 2.05) is 32.9 Å². The summed E-state index contributed by atoms with van der Waals surface area (Å²) in [6, 6.07) is 5.55. The standard InChI is InChI=1S/C10H13N3O/c1-7(2)14-10-5-4-8(3)6-9(10)12-13-11/h4-7H,1-3H3. The van der Waals surface area contributed by atoms with Crippen LogP contribution in [0.1, 0.15) is 19.4 Å². The van der Waals surface area contributed by atoms with E-state index in [9.17, 15) is 0 Å². The Labute approximate surface area is 83.1 Å². The fourth-order valence-electron chi connectivity index (χ4n) is 1.11. The summed E-state index contributed by atoms with van der Waals surface area (Å²) >= 11 is 0. The molecule has 0 unspecified atom stereocenters. The number of aryl methyl sites for hydroxylation is 1.